The van der Waals surface area contributed by atoms with Gasteiger partial charge in [0.15, 0.2) is 0 Å². The van der Waals surface area contributed by atoms with Gasteiger partial charge < -0.3 is 4.74 Å². The molecular weight excluding hydrogens is 346 g/mol. The number of halogens is 1. The highest BCUT2D eigenvalue weighted by atomic mass is 35.5. The lowest BCUT2D eigenvalue weighted by Gasteiger charge is -2.04. The third-order valence-corrected chi connectivity index (χ3v) is 4.70. The summed E-state index contributed by atoms with van der Waals surface area (Å²) in [5, 5.41) is 5.49. The summed E-state index contributed by atoms with van der Waals surface area (Å²) >= 11 is 6.03. The number of nitrogens with zero attached hydrogens (tertiary/aromatic N) is 3. The van der Waals surface area contributed by atoms with Gasteiger partial charge in [0.2, 0.25) is 0 Å². The van der Waals surface area contributed by atoms with E-state index in [1.54, 1.807) is 0 Å². The van der Waals surface area contributed by atoms with Crippen molar-refractivity contribution in [1.29, 1.82) is 0 Å². The van der Waals surface area contributed by atoms with Gasteiger partial charge in [0.25, 0.3) is 0 Å². The van der Waals surface area contributed by atoms with Crippen LogP contribution in [0.25, 0.3) is 16.9 Å². The Morgan fingerprint density at radius 2 is 1.96 bits per heavy atom. The van der Waals surface area contributed by atoms with Gasteiger partial charge in [-0.05, 0) is 37.1 Å². The Balaban J connectivity index is 1.66. The number of benzene rings is 2. The second-order valence-corrected chi connectivity index (χ2v) is 6.79. The first-order valence-electron chi connectivity index (χ1n) is 8.82. The van der Waals surface area contributed by atoms with E-state index < -0.39 is 0 Å². The van der Waals surface area contributed by atoms with E-state index in [1.165, 1.54) is 0 Å². The SMILES string of the molecule is Clc1ccc(-c2nn(-c3ccccc3)cc2C=NCC2CCCO2)cc1. The van der Waals surface area contributed by atoms with Crippen LogP contribution in [0.2, 0.25) is 5.02 Å². The number of para-hydroxylation sites is 1. The summed E-state index contributed by atoms with van der Waals surface area (Å²) in [5.74, 6) is 0. The van der Waals surface area contributed by atoms with Crippen LogP contribution >= 0.6 is 11.6 Å². The van der Waals surface area contributed by atoms with E-state index in [0.717, 1.165) is 42.0 Å². The fourth-order valence-corrected chi connectivity index (χ4v) is 3.21. The van der Waals surface area contributed by atoms with Crippen LogP contribution < -0.4 is 0 Å². The smallest absolute Gasteiger partial charge is 0.101 e. The monoisotopic (exact) mass is 365 g/mol. The molecule has 1 fully saturated rings. The van der Waals surface area contributed by atoms with Gasteiger partial charge in [-0.3, -0.25) is 4.99 Å². The Hall–Kier alpha value is -2.43. The van der Waals surface area contributed by atoms with E-state index in [-0.39, 0.29) is 6.10 Å². The van der Waals surface area contributed by atoms with Crippen LogP contribution in [0.15, 0.2) is 65.8 Å². The largest absolute Gasteiger partial charge is 0.376 e. The average Bonchev–Trinajstić information content (AvgIpc) is 3.33. The van der Waals surface area contributed by atoms with Gasteiger partial charge in [0.05, 0.1) is 18.3 Å². The zero-order valence-corrected chi connectivity index (χ0v) is 15.1. The zero-order chi connectivity index (χ0) is 17.8. The molecule has 5 heteroatoms. The maximum absolute atomic E-state index is 6.03. The van der Waals surface area contributed by atoms with Crippen molar-refractivity contribution >= 4 is 17.8 Å². The van der Waals surface area contributed by atoms with Gasteiger partial charge in [0.1, 0.15) is 5.69 Å². The molecule has 0 aliphatic carbocycles. The Kier molecular flexibility index (Phi) is 5.14. The molecule has 0 amide bonds. The minimum atomic E-state index is 0.245. The van der Waals surface area contributed by atoms with Crippen molar-refractivity contribution < 1.29 is 4.74 Å². The van der Waals surface area contributed by atoms with E-state index in [9.17, 15) is 0 Å². The number of hydrogen-bond donors (Lipinski definition) is 0. The maximum atomic E-state index is 6.03. The minimum absolute atomic E-state index is 0.245. The van der Waals surface area contributed by atoms with E-state index in [0.29, 0.717) is 11.6 Å². The summed E-state index contributed by atoms with van der Waals surface area (Å²) < 4.78 is 7.53. The molecule has 4 rings (SSSR count). The lowest BCUT2D eigenvalue weighted by molar-refractivity contribution is 0.118. The minimum Gasteiger partial charge on any atom is -0.376 e. The highest BCUT2D eigenvalue weighted by Crippen LogP contribution is 2.24. The topological polar surface area (TPSA) is 39.4 Å². The van der Waals surface area contributed by atoms with Crippen LogP contribution in [0, 0.1) is 0 Å². The third kappa shape index (κ3) is 3.87. The fourth-order valence-electron chi connectivity index (χ4n) is 3.08. The van der Waals surface area contributed by atoms with Gasteiger partial charge in [-0.2, -0.15) is 5.10 Å². The predicted octanol–water partition coefficient (Wildman–Crippen LogP) is 4.79. The lowest BCUT2D eigenvalue weighted by atomic mass is 10.1. The summed E-state index contributed by atoms with van der Waals surface area (Å²) in [5.41, 5.74) is 3.90. The predicted molar refractivity (Wildman–Crippen MR) is 105 cm³/mol. The number of aromatic nitrogens is 2. The van der Waals surface area contributed by atoms with Crippen molar-refractivity contribution in [3.05, 3.63) is 71.4 Å². The summed E-state index contributed by atoms with van der Waals surface area (Å²) in [6.07, 6.45) is 6.37. The van der Waals surface area contributed by atoms with E-state index in [2.05, 4.69) is 4.99 Å². The summed E-state index contributed by atoms with van der Waals surface area (Å²) in [7, 11) is 0. The van der Waals surface area contributed by atoms with Crippen molar-refractivity contribution in [2.24, 2.45) is 4.99 Å². The maximum Gasteiger partial charge on any atom is 0.101 e. The molecule has 2 heterocycles. The molecule has 0 spiro atoms. The number of rotatable bonds is 5. The molecule has 0 radical (unpaired) electrons. The van der Waals surface area contributed by atoms with Crippen LogP contribution in [0.5, 0.6) is 0 Å². The van der Waals surface area contributed by atoms with Gasteiger partial charge in [0, 0.05) is 35.2 Å². The molecule has 1 unspecified atom stereocenters. The molecule has 26 heavy (non-hydrogen) atoms. The Morgan fingerprint density at radius 3 is 2.69 bits per heavy atom. The molecule has 1 atom stereocenters. The van der Waals surface area contributed by atoms with Gasteiger partial charge in [-0.1, -0.05) is 41.9 Å². The normalized spacial score (nSPS) is 17.2. The van der Waals surface area contributed by atoms with Crippen LogP contribution in [0.1, 0.15) is 18.4 Å². The van der Waals surface area contributed by atoms with Crippen molar-refractivity contribution in [3.8, 4) is 16.9 Å². The molecule has 1 aliphatic rings. The molecule has 1 saturated heterocycles. The highest BCUT2D eigenvalue weighted by Gasteiger charge is 2.15. The van der Waals surface area contributed by atoms with Gasteiger partial charge in [-0.15, -0.1) is 0 Å². The molecule has 3 aromatic rings. The molecule has 1 aliphatic heterocycles. The first-order valence-corrected chi connectivity index (χ1v) is 9.20. The average molecular weight is 366 g/mol. The van der Waals surface area contributed by atoms with Crippen LogP contribution in [-0.4, -0.2) is 35.3 Å². The summed E-state index contributed by atoms with van der Waals surface area (Å²) in [6, 6.07) is 17.8. The first-order chi connectivity index (χ1) is 12.8. The molecule has 2 aromatic carbocycles. The molecule has 0 bridgehead atoms. The van der Waals surface area contributed by atoms with Crippen LogP contribution in [-0.2, 0) is 4.74 Å². The van der Waals surface area contributed by atoms with Crippen molar-refractivity contribution in [3.63, 3.8) is 0 Å². The second kappa shape index (κ2) is 7.85. The molecular formula is C21H20ClN3O. The zero-order valence-electron chi connectivity index (χ0n) is 14.4. The molecule has 0 saturated carbocycles. The highest BCUT2D eigenvalue weighted by molar-refractivity contribution is 6.30. The molecule has 0 N–H and O–H groups in total. The summed E-state index contributed by atoms with van der Waals surface area (Å²) in [6.45, 7) is 1.54. The number of ether oxygens (including phenoxy) is 1. The van der Waals surface area contributed by atoms with Crippen molar-refractivity contribution in [2.45, 2.75) is 18.9 Å². The van der Waals surface area contributed by atoms with Crippen molar-refractivity contribution in [2.75, 3.05) is 13.2 Å². The number of aliphatic imine (C=N–C) groups is 1. The quantitative estimate of drug-likeness (QED) is 0.610. The fraction of sp³-hybridized carbons (Fsp3) is 0.238. The summed E-state index contributed by atoms with van der Waals surface area (Å²) in [4.78, 5) is 4.60. The van der Waals surface area contributed by atoms with E-state index in [4.69, 9.17) is 21.4 Å². The van der Waals surface area contributed by atoms with E-state index in [1.807, 2.05) is 71.7 Å². The van der Waals surface area contributed by atoms with Crippen molar-refractivity contribution in [1.82, 2.24) is 9.78 Å². The van der Waals surface area contributed by atoms with Crippen LogP contribution in [0.3, 0.4) is 0 Å². The Labute approximate surface area is 158 Å². The van der Waals surface area contributed by atoms with E-state index >= 15 is 0 Å². The van der Waals surface area contributed by atoms with Crippen LogP contribution in [0.4, 0.5) is 0 Å². The molecule has 1 aromatic heterocycles. The Morgan fingerprint density at radius 1 is 1.15 bits per heavy atom. The second-order valence-electron chi connectivity index (χ2n) is 6.35. The Bertz CT molecular complexity index is 881. The number of hydrogen-bond acceptors (Lipinski definition) is 3. The van der Waals surface area contributed by atoms with Gasteiger partial charge >= 0.3 is 0 Å². The third-order valence-electron chi connectivity index (χ3n) is 4.44. The molecule has 132 valence electrons. The first kappa shape index (κ1) is 17.0. The van der Waals surface area contributed by atoms with Gasteiger partial charge in [-0.25, -0.2) is 4.68 Å². The standard InChI is InChI=1S/C21H20ClN3O/c22-18-10-8-16(9-11-18)21-17(13-23-14-20-7-4-12-26-20)15-25(24-21)19-5-2-1-3-6-19/h1-3,5-6,8-11,13,15,20H,4,7,12,14H2. The molecule has 4 nitrogen and oxygen atoms in total. The lowest BCUT2D eigenvalue weighted by Crippen LogP contribution is -2.08.